The van der Waals surface area contributed by atoms with Gasteiger partial charge in [-0.2, -0.15) is 0 Å². The molecule has 0 atom stereocenters. The first-order valence-corrected chi connectivity index (χ1v) is 7.19. The lowest BCUT2D eigenvalue weighted by molar-refractivity contribution is 0.0526. The highest BCUT2D eigenvalue weighted by Gasteiger charge is 2.20. The van der Waals surface area contributed by atoms with Crippen LogP contribution in [-0.2, 0) is 4.74 Å². The third-order valence-corrected chi connectivity index (χ3v) is 3.57. The summed E-state index contributed by atoms with van der Waals surface area (Å²) < 4.78 is 5.22. The van der Waals surface area contributed by atoms with Gasteiger partial charge in [0, 0.05) is 23.3 Å². The van der Waals surface area contributed by atoms with Crippen LogP contribution in [0.1, 0.15) is 22.8 Å². The predicted octanol–water partition coefficient (Wildman–Crippen LogP) is 3.78. The second kappa shape index (κ2) is 5.93. The fourth-order valence-electron chi connectivity index (χ4n) is 2.54. The van der Waals surface area contributed by atoms with Crippen LogP contribution in [0.25, 0.3) is 22.2 Å². The number of carbonyl (C=O) groups is 1. The molecule has 1 aromatic carbocycles. The van der Waals surface area contributed by atoms with Crippen LogP contribution >= 0.6 is 0 Å². The van der Waals surface area contributed by atoms with E-state index in [4.69, 9.17) is 4.74 Å². The van der Waals surface area contributed by atoms with E-state index >= 15 is 0 Å². The van der Waals surface area contributed by atoms with Crippen molar-refractivity contribution in [2.24, 2.45) is 0 Å². The molecule has 2 heterocycles. The lowest BCUT2D eigenvalue weighted by Gasteiger charge is -2.13. The van der Waals surface area contributed by atoms with E-state index in [0.717, 1.165) is 22.0 Å². The third-order valence-electron chi connectivity index (χ3n) is 3.57. The van der Waals surface area contributed by atoms with Crippen molar-refractivity contribution in [3.63, 3.8) is 0 Å². The Kier molecular flexibility index (Phi) is 3.83. The van der Waals surface area contributed by atoms with Gasteiger partial charge in [-0.05, 0) is 37.6 Å². The Bertz CT molecular complexity index is 829. The van der Waals surface area contributed by atoms with Crippen molar-refractivity contribution in [2.75, 3.05) is 6.61 Å². The molecule has 0 N–H and O–H groups in total. The Hall–Kier alpha value is -2.75. The van der Waals surface area contributed by atoms with E-state index in [0.29, 0.717) is 17.9 Å². The van der Waals surface area contributed by atoms with Crippen LogP contribution in [0.2, 0.25) is 0 Å². The maximum Gasteiger partial charge on any atom is 0.340 e. The Morgan fingerprint density at radius 2 is 2.00 bits per heavy atom. The number of aromatic nitrogens is 2. The fourth-order valence-corrected chi connectivity index (χ4v) is 2.54. The lowest BCUT2D eigenvalue weighted by atomic mass is 9.98. The number of aryl methyl sites for hydroxylation is 1. The van der Waals surface area contributed by atoms with Crippen LogP contribution < -0.4 is 0 Å². The van der Waals surface area contributed by atoms with Crippen LogP contribution in [0, 0.1) is 6.92 Å². The van der Waals surface area contributed by atoms with Crippen LogP contribution in [0.4, 0.5) is 0 Å². The Balaban J connectivity index is 2.33. The van der Waals surface area contributed by atoms with Crippen LogP contribution in [-0.4, -0.2) is 22.5 Å². The summed E-state index contributed by atoms with van der Waals surface area (Å²) in [4.78, 5) is 21.2. The Labute approximate surface area is 128 Å². The van der Waals surface area contributed by atoms with E-state index in [9.17, 15) is 4.79 Å². The molecule has 3 aromatic rings. The van der Waals surface area contributed by atoms with Gasteiger partial charge in [0.15, 0.2) is 0 Å². The molecular formula is C18H16N2O2. The third kappa shape index (κ3) is 2.44. The Morgan fingerprint density at radius 1 is 1.18 bits per heavy atom. The number of nitrogens with zero attached hydrogens (tertiary/aromatic N) is 2. The summed E-state index contributed by atoms with van der Waals surface area (Å²) in [6.45, 7) is 4.05. The first kappa shape index (κ1) is 14.2. The van der Waals surface area contributed by atoms with Gasteiger partial charge in [-0.3, -0.25) is 4.98 Å². The van der Waals surface area contributed by atoms with Crippen molar-refractivity contribution in [3.05, 3.63) is 59.9 Å². The molecule has 4 nitrogen and oxygen atoms in total. The maximum absolute atomic E-state index is 12.4. The number of ether oxygens (including phenoxy) is 1. The first-order chi connectivity index (χ1) is 10.7. The van der Waals surface area contributed by atoms with E-state index in [1.165, 1.54) is 0 Å². The highest BCUT2D eigenvalue weighted by molar-refractivity contribution is 6.03. The molecular weight excluding hydrogens is 276 g/mol. The van der Waals surface area contributed by atoms with Crippen molar-refractivity contribution in [1.29, 1.82) is 0 Å². The van der Waals surface area contributed by atoms with Crippen molar-refractivity contribution in [1.82, 2.24) is 9.97 Å². The van der Waals surface area contributed by atoms with Gasteiger partial charge in [-0.25, -0.2) is 9.78 Å². The van der Waals surface area contributed by atoms with Gasteiger partial charge in [0.1, 0.15) is 0 Å². The minimum Gasteiger partial charge on any atom is -0.462 e. The zero-order chi connectivity index (χ0) is 15.5. The quantitative estimate of drug-likeness (QED) is 0.689. The summed E-state index contributed by atoms with van der Waals surface area (Å²) in [6, 6.07) is 11.5. The van der Waals surface area contributed by atoms with Gasteiger partial charge in [-0.15, -0.1) is 0 Å². The molecule has 0 saturated heterocycles. The molecule has 3 rings (SSSR count). The summed E-state index contributed by atoms with van der Waals surface area (Å²) in [7, 11) is 0. The minimum absolute atomic E-state index is 0.331. The number of fused-ring (bicyclic) bond motifs is 1. The summed E-state index contributed by atoms with van der Waals surface area (Å²) in [6.07, 6.45) is 3.40. The average Bonchev–Trinajstić information content (AvgIpc) is 2.55. The van der Waals surface area contributed by atoms with Gasteiger partial charge in [0.05, 0.1) is 23.4 Å². The molecule has 0 unspecified atom stereocenters. The molecule has 0 fully saturated rings. The molecule has 0 amide bonds. The standard InChI is InChI=1S/C18H16N2O2/c1-3-22-18(21)16-12(2)14-8-4-5-9-15(14)20-17(16)13-7-6-10-19-11-13/h4-11H,3H2,1-2H3. The summed E-state index contributed by atoms with van der Waals surface area (Å²) in [5.41, 5.74) is 3.66. The highest BCUT2D eigenvalue weighted by Crippen LogP contribution is 2.29. The number of rotatable bonds is 3. The summed E-state index contributed by atoms with van der Waals surface area (Å²) >= 11 is 0. The second-order valence-corrected chi connectivity index (χ2v) is 4.94. The largest absolute Gasteiger partial charge is 0.462 e. The minimum atomic E-state index is -0.350. The number of esters is 1. The van der Waals surface area contributed by atoms with Gasteiger partial charge >= 0.3 is 5.97 Å². The van der Waals surface area contributed by atoms with Crippen LogP contribution in [0.5, 0.6) is 0 Å². The molecule has 22 heavy (non-hydrogen) atoms. The molecule has 0 saturated carbocycles. The van der Waals surface area contributed by atoms with Gasteiger partial charge in [0.2, 0.25) is 0 Å². The maximum atomic E-state index is 12.4. The number of hydrogen-bond donors (Lipinski definition) is 0. The second-order valence-electron chi connectivity index (χ2n) is 4.94. The van der Waals surface area contributed by atoms with E-state index in [2.05, 4.69) is 9.97 Å². The van der Waals surface area contributed by atoms with Crippen molar-refractivity contribution in [2.45, 2.75) is 13.8 Å². The van der Waals surface area contributed by atoms with E-state index < -0.39 is 0 Å². The summed E-state index contributed by atoms with van der Waals surface area (Å²) in [5, 5.41) is 0.957. The number of benzene rings is 1. The normalized spacial score (nSPS) is 10.6. The van der Waals surface area contributed by atoms with E-state index in [1.807, 2.05) is 43.3 Å². The van der Waals surface area contributed by atoms with Gasteiger partial charge < -0.3 is 4.74 Å². The molecule has 0 bridgehead atoms. The smallest absolute Gasteiger partial charge is 0.340 e. The molecule has 2 aromatic heterocycles. The highest BCUT2D eigenvalue weighted by atomic mass is 16.5. The monoisotopic (exact) mass is 292 g/mol. The van der Waals surface area contributed by atoms with Crippen molar-refractivity contribution < 1.29 is 9.53 Å². The number of carbonyl (C=O) groups excluding carboxylic acids is 1. The van der Waals surface area contributed by atoms with Crippen LogP contribution in [0.15, 0.2) is 48.8 Å². The number of pyridine rings is 2. The topological polar surface area (TPSA) is 52.1 Å². The molecule has 0 spiro atoms. The van der Waals surface area contributed by atoms with Gasteiger partial charge in [-0.1, -0.05) is 18.2 Å². The van der Waals surface area contributed by atoms with Crippen molar-refractivity contribution in [3.8, 4) is 11.3 Å². The lowest BCUT2D eigenvalue weighted by Crippen LogP contribution is -2.10. The zero-order valence-corrected chi connectivity index (χ0v) is 12.5. The first-order valence-electron chi connectivity index (χ1n) is 7.19. The molecule has 110 valence electrons. The predicted molar refractivity (Wildman–Crippen MR) is 85.7 cm³/mol. The summed E-state index contributed by atoms with van der Waals surface area (Å²) in [5.74, 6) is -0.350. The Morgan fingerprint density at radius 3 is 2.73 bits per heavy atom. The number of hydrogen-bond acceptors (Lipinski definition) is 4. The molecule has 4 heteroatoms. The zero-order valence-electron chi connectivity index (χ0n) is 12.5. The molecule has 0 radical (unpaired) electrons. The van der Waals surface area contributed by atoms with Gasteiger partial charge in [0.25, 0.3) is 0 Å². The van der Waals surface area contributed by atoms with E-state index in [1.54, 1.807) is 19.3 Å². The average molecular weight is 292 g/mol. The fraction of sp³-hybridized carbons (Fsp3) is 0.167. The molecule has 0 aliphatic heterocycles. The van der Waals surface area contributed by atoms with E-state index in [-0.39, 0.29) is 5.97 Å². The van der Waals surface area contributed by atoms with Crippen LogP contribution in [0.3, 0.4) is 0 Å². The number of para-hydroxylation sites is 1. The van der Waals surface area contributed by atoms with Crippen molar-refractivity contribution >= 4 is 16.9 Å². The molecule has 0 aliphatic carbocycles. The SMILES string of the molecule is CCOC(=O)c1c(-c2cccnc2)nc2ccccc2c1C. The molecule has 0 aliphatic rings.